The molecule has 0 fully saturated rings. The SMILES string of the molecule is CC(=O)NN=Cc1cc(C(C)C)cc(/C=N/NC(C)=O)c1O. The maximum absolute atomic E-state index is 10.8. The Kier molecular flexibility index (Phi) is 6.25. The van der Waals surface area contributed by atoms with Crippen LogP contribution in [0.5, 0.6) is 5.75 Å². The summed E-state index contributed by atoms with van der Waals surface area (Å²) in [6, 6.07) is 3.56. The highest BCUT2D eigenvalue weighted by atomic mass is 16.3. The summed E-state index contributed by atoms with van der Waals surface area (Å²) in [5.41, 5.74) is 6.41. The molecule has 22 heavy (non-hydrogen) atoms. The van der Waals surface area contributed by atoms with Crippen molar-refractivity contribution < 1.29 is 14.7 Å². The Morgan fingerprint density at radius 2 is 1.45 bits per heavy atom. The number of carbonyl (C=O) groups excluding carboxylic acids is 2. The first kappa shape index (κ1) is 17.4. The van der Waals surface area contributed by atoms with Crippen LogP contribution in [0.3, 0.4) is 0 Å². The van der Waals surface area contributed by atoms with Gasteiger partial charge in [0.1, 0.15) is 5.75 Å². The average molecular weight is 304 g/mol. The first-order valence-electron chi connectivity index (χ1n) is 6.77. The first-order chi connectivity index (χ1) is 10.3. The highest BCUT2D eigenvalue weighted by Gasteiger charge is 2.10. The summed E-state index contributed by atoms with van der Waals surface area (Å²) in [5, 5.41) is 17.7. The van der Waals surface area contributed by atoms with Gasteiger partial charge in [0, 0.05) is 25.0 Å². The number of nitrogens with one attached hydrogen (secondary N) is 2. The van der Waals surface area contributed by atoms with Crippen LogP contribution in [-0.4, -0.2) is 29.4 Å². The number of rotatable bonds is 5. The second-order valence-corrected chi connectivity index (χ2v) is 5.06. The number of benzene rings is 1. The number of hydrazone groups is 2. The molecule has 0 spiro atoms. The van der Waals surface area contributed by atoms with E-state index in [1.807, 2.05) is 13.8 Å². The van der Waals surface area contributed by atoms with Crippen molar-refractivity contribution in [3.8, 4) is 5.75 Å². The fraction of sp³-hybridized carbons (Fsp3) is 0.333. The van der Waals surface area contributed by atoms with Gasteiger partial charge < -0.3 is 5.11 Å². The Bertz CT molecular complexity index is 574. The predicted octanol–water partition coefficient (Wildman–Crippen LogP) is 1.46. The Balaban J connectivity index is 3.17. The van der Waals surface area contributed by atoms with Gasteiger partial charge >= 0.3 is 0 Å². The summed E-state index contributed by atoms with van der Waals surface area (Å²) in [4.78, 5) is 21.6. The van der Waals surface area contributed by atoms with E-state index in [4.69, 9.17) is 0 Å². The number of hydrogen-bond donors (Lipinski definition) is 3. The molecule has 0 aliphatic carbocycles. The number of carbonyl (C=O) groups is 2. The quantitative estimate of drug-likeness (QED) is 0.566. The van der Waals surface area contributed by atoms with Crippen LogP contribution in [0.4, 0.5) is 0 Å². The van der Waals surface area contributed by atoms with Crippen LogP contribution < -0.4 is 10.9 Å². The number of phenolic OH excluding ortho intramolecular Hbond substituents is 1. The Hall–Kier alpha value is -2.70. The van der Waals surface area contributed by atoms with Crippen molar-refractivity contribution in [1.82, 2.24) is 10.9 Å². The lowest BCUT2D eigenvalue weighted by atomic mass is 9.97. The molecule has 1 aromatic carbocycles. The van der Waals surface area contributed by atoms with Crippen LogP contribution in [0, 0.1) is 0 Å². The molecule has 1 aromatic rings. The maximum atomic E-state index is 10.8. The lowest BCUT2D eigenvalue weighted by Crippen LogP contribution is -2.13. The Labute approximate surface area is 129 Å². The van der Waals surface area contributed by atoms with Crippen LogP contribution in [0.1, 0.15) is 50.3 Å². The number of amides is 2. The van der Waals surface area contributed by atoms with Gasteiger partial charge in [-0.25, -0.2) is 10.9 Å². The monoisotopic (exact) mass is 304 g/mol. The lowest BCUT2D eigenvalue weighted by Gasteiger charge is -2.10. The van der Waals surface area contributed by atoms with Crippen LogP contribution in [0.25, 0.3) is 0 Å². The molecule has 0 aliphatic heterocycles. The fourth-order valence-electron chi connectivity index (χ4n) is 1.62. The molecule has 118 valence electrons. The first-order valence-corrected chi connectivity index (χ1v) is 6.77. The predicted molar refractivity (Wildman–Crippen MR) is 85.0 cm³/mol. The molecule has 0 aromatic heterocycles. The smallest absolute Gasteiger partial charge is 0.236 e. The summed E-state index contributed by atoms with van der Waals surface area (Å²) in [6.45, 7) is 6.70. The zero-order valence-corrected chi connectivity index (χ0v) is 13.0. The van der Waals surface area contributed by atoms with E-state index < -0.39 is 0 Å². The van der Waals surface area contributed by atoms with Crippen molar-refractivity contribution in [2.75, 3.05) is 0 Å². The van der Waals surface area contributed by atoms with Gasteiger partial charge in [-0.1, -0.05) is 13.8 Å². The molecule has 7 nitrogen and oxygen atoms in total. The van der Waals surface area contributed by atoms with E-state index in [1.54, 1.807) is 12.1 Å². The van der Waals surface area contributed by atoms with E-state index in [1.165, 1.54) is 26.3 Å². The molecule has 0 radical (unpaired) electrons. The third-order valence-electron chi connectivity index (χ3n) is 2.71. The van der Waals surface area contributed by atoms with E-state index in [2.05, 4.69) is 21.1 Å². The topological polar surface area (TPSA) is 103 Å². The molecular formula is C15H20N4O3. The summed E-state index contributed by atoms with van der Waals surface area (Å²) < 4.78 is 0. The van der Waals surface area contributed by atoms with Gasteiger partial charge in [0.05, 0.1) is 12.4 Å². The van der Waals surface area contributed by atoms with Gasteiger partial charge in [-0.15, -0.1) is 0 Å². The second kappa shape index (κ2) is 7.92. The molecule has 3 N–H and O–H groups in total. The molecule has 0 atom stereocenters. The zero-order valence-electron chi connectivity index (χ0n) is 13.0. The van der Waals surface area contributed by atoms with E-state index in [0.29, 0.717) is 11.1 Å². The normalized spacial score (nSPS) is 11.3. The molecule has 0 heterocycles. The summed E-state index contributed by atoms with van der Waals surface area (Å²) in [5.74, 6) is -0.416. The van der Waals surface area contributed by atoms with Crippen molar-refractivity contribution in [2.45, 2.75) is 33.6 Å². The van der Waals surface area contributed by atoms with E-state index in [-0.39, 0.29) is 23.5 Å². The highest BCUT2D eigenvalue weighted by molar-refractivity contribution is 5.93. The zero-order chi connectivity index (χ0) is 16.7. The molecule has 0 saturated carbocycles. The minimum atomic E-state index is -0.303. The fourth-order valence-corrected chi connectivity index (χ4v) is 1.62. The maximum Gasteiger partial charge on any atom is 0.236 e. The number of hydrogen-bond acceptors (Lipinski definition) is 5. The minimum absolute atomic E-state index is 0.0346. The lowest BCUT2D eigenvalue weighted by molar-refractivity contribution is -0.119. The van der Waals surface area contributed by atoms with Gasteiger partial charge in [-0.3, -0.25) is 9.59 Å². The van der Waals surface area contributed by atoms with Crippen LogP contribution in [-0.2, 0) is 9.59 Å². The van der Waals surface area contributed by atoms with Crippen LogP contribution in [0.2, 0.25) is 0 Å². The Morgan fingerprint density at radius 1 is 1.05 bits per heavy atom. The van der Waals surface area contributed by atoms with E-state index in [9.17, 15) is 14.7 Å². The standard InChI is InChI=1S/C15H20N4O3/c1-9(2)12-5-13(7-16-18-10(3)20)15(22)14(6-12)8-17-19-11(4)21/h5-9,22H,1-4H3,(H,18,20)(H,19,21)/b16-7+,17-8?. The van der Waals surface area contributed by atoms with Gasteiger partial charge in [-0.2, -0.15) is 10.2 Å². The average Bonchev–Trinajstić information content (AvgIpc) is 2.41. The molecule has 0 unspecified atom stereocenters. The van der Waals surface area contributed by atoms with Crippen molar-refractivity contribution in [3.63, 3.8) is 0 Å². The van der Waals surface area contributed by atoms with E-state index >= 15 is 0 Å². The molecular weight excluding hydrogens is 284 g/mol. The molecule has 0 bridgehead atoms. The van der Waals surface area contributed by atoms with Gasteiger partial charge in [0.25, 0.3) is 0 Å². The van der Waals surface area contributed by atoms with Gasteiger partial charge in [0.2, 0.25) is 11.8 Å². The Morgan fingerprint density at radius 3 is 1.77 bits per heavy atom. The van der Waals surface area contributed by atoms with Crippen LogP contribution >= 0.6 is 0 Å². The van der Waals surface area contributed by atoms with Crippen LogP contribution in [0.15, 0.2) is 22.3 Å². The van der Waals surface area contributed by atoms with Crippen molar-refractivity contribution in [1.29, 1.82) is 0 Å². The molecule has 0 aliphatic rings. The van der Waals surface area contributed by atoms with Gasteiger partial charge in [0.15, 0.2) is 0 Å². The minimum Gasteiger partial charge on any atom is -0.507 e. The third kappa shape index (κ3) is 5.35. The third-order valence-corrected chi connectivity index (χ3v) is 2.71. The number of nitrogens with zero attached hydrogens (tertiary/aromatic N) is 2. The second-order valence-electron chi connectivity index (χ2n) is 5.06. The summed E-state index contributed by atoms with van der Waals surface area (Å²) in [6.07, 6.45) is 2.72. The number of aromatic hydroxyl groups is 1. The van der Waals surface area contributed by atoms with Crippen molar-refractivity contribution in [3.05, 3.63) is 28.8 Å². The van der Waals surface area contributed by atoms with Crippen molar-refractivity contribution >= 4 is 24.2 Å². The van der Waals surface area contributed by atoms with Gasteiger partial charge in [-0.05, 0) is 23.6 Å². The number of phenols is 1. The summed E-state index contributed by atoms with van der Waals surface area (Å²) in [7, 11) is 0. The molecule has 0 saturated heterocycles. The van der Waals surface area contributed by atoms with Crippen molar-refractivity contribution in [2.24, 2.45) is 10.2 Å². The molecule has 7 heteroatoms. The molecule has 2 amide bonds. The molecule has 1 rings (SSSR count). The highest BCUT2D eigenvalue weighted by Crippen LogP contribution is 2.26. The summed E-state index contributed by atoms with van der Waals surface area (Å²) >= 11 is 0. The largest absolute Gasteiger partial charge is 0.507 e. The van der Waals surface area contributed by atoms with E-state index in [0.717, 1.165) is 5.56 Å².